The fraction of sp³-hybridized carbons (Fsp3) is 0.600. The summed E-state index contributed by atoms with van der Waals surface area (Å²) in [6, 6.07) is 0. The highest BCUT2D eigenvalue weighted by atomic mass is 14.7. The molecular weight excluding hydrogens is 120 g/mol. The largest absolute Gasteiger partial charge is 0.0459 e. The summed E-state index contributed by atoms with van der Waals surface area (Å²) in [4.78, 5) is 0. The molecule has 0 unspecified atom stereocenters. The molecule has 3 bridgehead atoms. The van der Waals surface area contributed by atoms with Crippen LogP contribution in [0.1, 0.15) is 25.7 Å². The summed E-state index contributed by atoms with van der Waals surface area (Å²) in [6.07, 6.45) is 5.40. The molecule has 0 aromatic carbocycles. The molecule has 4 radical (unpaired) electrons. The minimum Gasteiger partial charge on any atom is -0.0459 e. The second-order valence-corrected chi connectivity index (χ2v) is 4.50. The van der Waals surface area contributed by atoms with Gasteiger partial charge in [-0.3, -0.25) is 0 Å². The molecule has 0 N–H and O–H groups in total. The van der Waals surface area contributed by atoms with E-state index in [1.54, 1.807) is 11.8 Å². The first-order valence-electron chi connectivity index (χ1n) is 4.04. The molecular formula is C10H12. The van der Waals surface area contributed by atoms with Crippen LogP contribution in [-0.4, -0.2) is 0 Å². The molecule has 0 saturated heterocycles. The van der Waals surface area contributed by atoms with E-state index in [4.69, 9.17) is 0 Å². The van der Waals surface area contributed by atoms with E-state index in [-0.39, 0.29) is 5.41 Å². The van der Waals surface area contributed by atoms with E-state index >= 15 is 0 Å². The lowest BCUT2D eigenvalue weighted by molar-refractivity contribution is -0.0295. The van der Waals surface area contributed by atoms with Crippen LogP contribution >= 0.6 is 0 Å². The Morgan fingerprint density at radius 3 is 1.50 bits per heavy atom. The molecule has 0 heteroatoms. The van der Waals surface area contributed by atoms with Gasteiger partial charge in [0.1, 0.15) is 0 Å². The topological polar surface area (TPSA) is 0 Å². The molecule has 0 heterocycles. The van der Waals surface area contributed by atoms with Crippen LogP contribution in [-0.2, 0) is 0 Å². The molecule has 6 saturated carbocycles. The third kappa shape index (κ3) is 0.383. The molecule has 0 aliphatic heterocycles. The van der Waals surface area contributed by atoms with Crippen molar-refractivity contribution >= 4 is 0 Å². The zero-order valence-electron chi connectivity index (χ0n) is 6.24. The first kappa shape index (κ1) is 5.62. The molecule has 6 fully saturated rings. The van der Waals surface area contributed by atoms with Crippen molar-refractivity contribution in [2.24, 2.45) is 10.8 Å². The van der Waals surface area contributed by atoms with Crippen LogP contribution < -0.4 is 0 Å². The van der Waals surface area contributed by atoms with E-state index in [0.717, 1.165) is 5.41 Å². The van der Waals surface area contributed by atoms with Crippen molar-refractivity contribution in [2.75, 3.05) is 0 Å². The maximum atomic E-state index is 4.18. The quantitative estimate of drug-likeness (QED) is 0.474. The van der Waals surface area contributed by atoms with E-state index < -0.39 is 0 Å². The first-order chi connectivity index (χ1) is 4.62. The van der Waals surface area contributed by atoms with Gasteiger partial charge in [-0.15, -0.1) is 0 Å². The first-order valence-corrected chi connectivity index (χ1v) is 4.04. The minimum atomic E-state index is 0.0556. The number of hydrogen-bond donors (Lipinski definition) is 0. The molecule has 10 heavy (non-hydrogen) atoms. The van der Waals surface area contributed by atoms with Gasteiger partial charge in [-0.05, 0) is 62.2 Å². The molecule has 6 aliphatic rings. The Labute approximate surface area is 63.0 Å². The van der Waals surface area contributed by atoms with Crippen LogP contribution in [0.5, 0.6) is 0 Å². The number of rotatable bonds is 0. The zero-order chi connectivity index (χ0) is 6.98. The Balaban J connectivity index is 2.00. The second-order valence-electron chi connectivity index (χ2n) is 4.50. The third-order valence-corrected chi connectivity index (χ3v) is 3.71. The molecule has 6 aliphatic carbocycles. The summed E-state index contributed by atoms with van der Waals surface area (Å²) in [6.45, 7) is 8.36. The molecule has 0 nitrogen and oxygen atoms in total. The molecule has 0 atom stereocenters. The Bertz CT molecular complexity index is 155. The van der Waals surface area contributed by atoms with Crippen molar-refractivity contribution < 1.29 is 0 Å². The van der Waals surface area contributed by atoms with E-state index in [1.807, 2.05) is 0 Å². The SMILES string of the molecule is [CH2]C1([CH2])[C]2CC3(C2)C[C]1C3. The van der Waals surface area contributed by atoms with Crippen molar-refractivity contribution in [1.29, 1.82) is 0 Å². The van der Waals surface area contributed by atoms with Gasteiger partial charge in [-0.25, -0.2) is 0 Å². The van der Waals surface area contributed by atoms with Crippen LogP contribution in [0.4, 0.5) is 0 Å². The Hall–Kier alpha value is 0. The van der Waals surface area contributed by atoms with Gasteiger partial charge in [-0.1, -0.05) is 0 Å². The second kappa shape index (κ2) is 1.19. The fourth-order valence-electron chi connectivity index (χ4n) is 2.88. The van der Waals surface area contributed by atoms with E-state index in [0.29, 0.717) is 0 Å². The maximum Gasteiger partial charge on any atom is -0.0162 e. The predicted molar refractivity (Wildman–Crippen MR) is 40.5 cm³/mol. The van der Waals surface area contributed by atoms with Crippen LogP contribution in [0, 0.1) is 36.5 Å². The van der Waals surface area contributed by atoms with Crippen molar-refractivity contribution in [3.63, 3.8) is 0 Å². The summed E-state index contributed by atoms with van der Waals surface area (Å²) in [5.41, 5.74) is 0.823. The van der Waals surface area contributed by atoms with Gasteiger partial charge in [0.25, 0.3) is 0 Å². The van der Waals surface area contributed by atoms with Crippen molar-refractivity contribution in [3.05, 3.63) is 25.7 Å². The molecule has 6 rings (SSSR count). The van der Waals surface area contributed by atoms with Gasteiger partial charge in [0, 0.05) is 0 Å². The highest BCUT2D eigenvalue weighted by Crippen LogP contribution is 2.77. The lowest BCUT2D eigenvalue weighted by Crippen LogP contribution is -2.61. The van der Waals surface area contributed by atoms with Gasteiger partial charge >= 0.3 is 0 Å². The van der Waals surface area contributed by atoms with E-state index in [1.165, 1.54) is 25.7 Å². The van der Waals surface area contributed by atoms with Crippen molar-refractivity contribution in [3.8, 4) is 0 Å². The molecule has 0 amide bonds. The van der Waals surface area contributed by atoms with Crippen molar-refractivity contribution in [1.82, 2.24) is 0 Å². The number of hydrogen-bond acceptors (Lipinski definition) is 0. The lowest BCUT2D eigenvalue weighted by atomic mass is 9.32. The molecule has 0 aromatic rings. The Kier molecular flexibility index (Phi) is 0.669. The Morgan fingerprint density at radius 1 is 0.900 bits per heavy atom. The standard InChI is InChI=1S/C10H12/c1-9(2)7-3-10(4-7)5-8(9)6-10/h1-6H2. The zero-order valence-corrected chi connectivity index (χ0v) is 6.24. The summed E-state index contributed by atoms with van der Waals surface area (Å²) in [7, 11) is 0. The highest BCUT2D eigenvalue weighted by molar-refractivity contribution is 5.45. The molecule has 0 aromatic heterocycles. The summed E-state index contributed by atoms with van der Waals surface area (Å²) < 4.78 is 0. The highest BCUT2D eigenvalue weighted by Gasteiger charge is 2.67. The van der Waals surface area contributed by atoms with Gasteiger partial charge in [0.2, 0.25) is 0 Å². The van der Waals surface area contributed by atoms with E-state index in [2.05, 4.69) is 13.8 Å². The average molecular weight is 132 g/mol. The lowest BCUT2D eigenvalue weighted by Gasteiger charge is -2.72. The van der Waals surface area contributed by atoms with Gasteiger partial charge in [-0.2, -0.15) is 0 Å². The summed E-state index contributed by atoms with van der Waals surface area (Å²) >= 11 is 0. The minimum absolute atomic E-state index is 0.0556. The summed E-state index contributed by atoms with van der Waals surface area (Å²) in [5.74, 6) is 3.25. The van der Waals surface area contributed by atoms with Crippen LogP contribution in [0.3, 0.4) is 0 Å². The fourth-order valence-corrected chi connectivity index (χ4v) is 2.88. The average Bonchev–Trinajstić information content (AvgIpc) is 1.50. The van der Waals surface area contributed by atoms with Crippen LogP contribution in [0.2, 0.25) is 0 Å². The predicted octanol–water partition coefficient (Wildman–Crippen LogP) is 2.38. The normalized spacial score (nSPS) is 40.2. The van der Waals surface area contributed by atoms with Gasteiger partial charge in [0.05, 0.1) is 0 Å². The van der Waals surface area contributed by atoms with Crippen molar-refractivity contribution in [2.45, 2.75) is 25.7 Å². The Morgan fingerprint density at radius 2 is 1.30 bits per heavy atom. The maximum absolute atomic E-state index is 4.18. The monoisotopic (exact) mass is 132 g/mol. The van der Waals surface area contributed by atoms with Crippen LogP contribution in [0.15, 0.2) is 0 Å². The summed E-state index contributed by atoms with van der Waals surface area (Å²) in [5, 5.41) is 0. The molecule has 52 valence electrons. The van der Waals surface area contributed by atoms with Gasteiger partial charge < -0.3 is 0 Å². The smallest absolute Gasteiger partial charge is 0.0162 e. The van der Waals surface area contributed by atoms with Gasteiger partial charge in [0.15, 0.2) is 0 Å². The third-order valence-electron chi connectivity index (χ3n) is 3.71. The van der Waals surface area contributed by atoms with E-state index in [9.17, 15) is 0 Å². The van der Waals surface area contributed by atoms with Crippen LogP contribution in [0.25, 0.3) is 0 Å². The molecule has 1 spiro atoms.